The van der Waals surface area contributed by atoms with E-state index in [1.54, 1.807) is 24.3 Å². The maximum absolute atomic E-state index is 13.1. The van der Waals surface area contributed by atoms with E-state index >= 15 is 0 Å². The summed E-state index contributed by atoms with van der Waals surface area (Å²) in [6.07, 6.45) is 2.46. The third-order valence-corrected chi connectivity index (χ3v) is 5.34. The molecular weight excluding hydrogens is 361 g/mol. The average Bonchev–Trinajstić information content (AvgIpc) is 2.73. The van der Waals surface area contributed by atoms with Crippen LogP contribution in [-0.4, -0.2) is 43.2 Å². The molecule has 28 heavy (non-hydrogen) atoms. The molecule has 0 aromatic heterocycles. The Morgan fingerprint density at radius 3 is 2.32 bits per heavy atom. The van der Waals surface area contributed by atoms with Gasteiger partial charge in [0.05, 0.1) is 31.0 Å². The van der Waals surface area contributed by atoms with E-state index in [4.69, 9.17) is 9.47 Å². The first-order valence-corrected chi connectivity index (χ1v) is 9.55. The van der Waals surface area contributed by atoms with Crippen LogP contribution in [0.25, 0.3) is 0 Å². The lowest BCUT2D eigenvalue weighted by atomic mass is 9.89. The average molecular weight is 383 g/mol. The molecule has 3 atom stereocenters. The third-order valence-electron chi connectivity index (χ3n) is 5.34. The Hall–Kier alpha value is -2.57. The van der Waals surface area contributed by atoms with Gasteiger partial charge in [0.15, 0.2) is 5.78 Å². The Balaban J connectivity index is 1.49. The third kappa shape index (κ3) is 3.98. The van der Waals surface area contributed by atoms with Crippen molar-refractivity contribution in [2.24, 2.45) is 0 Å². The molecule has 1 aliphatic carbocycles. The lowest BCUT2D eigenvalue weighted by Gasteiger charge is -2.39. The van der Waals surface area contributed by atoms with Crippen LogP contribution < -0.4 is 5.32 Å². The van der Waals surface area contributed by atoms with Crippen LogP contribution in [0.2, 0.25) is 0 Å². The van der Waals surface area contributed by atoms with E-state index < -0.39 is 5.82 Å². The van der Waals surface area contributed by atoms with Gasteiger partial charge in [-0.2, -0.15) is 0 Å². The fourth-order valence-corrected chi connectivity index (χ4v) is 3.90. The number of ketones is 1. The number of nitrogens with one attached hydrogen (secondary N) is 1. The molecule has 1 saturated carbocycles. The number of amides is 1. The van der Waals surface area contributed by atoms with E-state index in [9.17, 15) is 14.0 Å². The zero-order valence-electron chi connectivity index (χ0n) is 15.4. The molecule has 2 fully saturated rings. The molecule has 1 saturated heterocycles. The minimum Gasteiger partial charge on any atom is -0.373 e. The van der Waals surface area contributed by atoms with Crippen molar-refractivity contribution >= 4 is 11.7 Å². The fraction of sp³-hybridized carbons (Fsp3) is 0.364. The van der Waals surface area contributed by atoms with Crippen molar-refractivity contribution in [2.45, 2.75) is 37.5 Å². The molecule has 2 aliphatic rings. The Bertz CT molecular complexity index is 867. The van der Waals surface area contributed by atoms with Gasteiger partial charge in [0.1, 0.15) is 5.82 Å². The van der Waals surface area contributed by atoms with Crippen molar-refractivity contribution in [3.05, 3.63) is 71.0 Å². The second-order valence-corrected chi connectivity index (χ2v) is 7.18. The lowest BCUT2D eigenvalue weighted by Crippen LogP contribution is -2.49. The molecule has 3 unspecified atom stereocenters. The molecule has 2 aromatic carbocycles. The molecule has 1 heterocycles. The summed E-state index contributed by atoms with van der Waals surface area (Å²) in [7, 11) is 0. The smallest absolute Gasteiger partial charge is 0.252 e. The summed E-state index contributed by atoms with van der Waals surface area (Å²) in [6, 6.07) is 12.0. The van der Waals surface area contributed by atoms with Crippen molar-refractivity contribution in [3.8, 4) is 0 Å². The van der Waals surface area contributed by atoms with Gasteiger partial charge >= 0.3 is 0 Å². The highest BCUT2D eigenvalue weighted by atomic mass is 19.1. The number of fused-ring (bicyclic) bond motifs is 1. The standard InChI is InChI=1S/C22H22FNO4/c23-15-7-5-14(6-8-15)21(25)17-3-1-2-4-18(17)22(26)24-16-9-10-19-20(13-16)28-12-11-27-19/h1-8,16,19-20H,9-13H2,(H,24,26). The molecule has 0 bridgehead atoms. The summed E-state index contributed by atoms with van der Waals surface area (Å²) in [5.41, 5.74) is 0.965. The molecule has 2 aromatic rings. The van der Waals surface area contributed by atoms with E-state index in [0.717, 1.165) is 12.8 Å². The van der Waals surface area contributed by atoms with Gasteiger partial charge in [-0.1, -0.05) is 18.2 Å². The highest BCUT2D eigenvalue weighted by Crippen LogP contribution is 2.27. The molecule has 1 amide bonds. The molecule has 1 N–H and O–H groups in total. The normalized spacial score (nSPS) is 24.2. The molecule has 4 rings (SSSR count). The Morgan fingerprint density at radius 1 is 0.893 bits per heavy atom. The molecule has 146 valence electrons. The van der Waals surface area contributed by atoms with Crippen LogP contribution in [0.4, 0.5) is 4.39 Å². The molecule has 1 aliphatic heterocycles. The van der Waals surface area contributed by atoms with Crippen molar-refractivity contribution in [1.82, 2.24) is 5.32 Å². The van der Waals surface area contributed by atoms with Crippen LogP contribution in [-0.2, 0) is 9.47 Å². The highest BCUT2D eigenvalue weighted by molar-refractivity contribution is 6.15. The molecule has 0 spiro atoms. The predicted molar refractivity (Wildman–Crippen MR) is 101 cm³/mol. The number of ether oxygens (including phenoxy) is 2. The minimum absolute atomic E-state index is 0.00360. The van der Waals surface area contributed by atoms with E-state index in [1.165, 1.54) is 24.3 Å². The summed E-state index contributed by atoms with van der Waals surface area (Å²) in [5.74, 6) is -1.00. The Labute approximate surface area is 162 Å². The largest absolute Gasteiger partial charge is 0.373 e. The van der Waals surface area contributed by atoms with Gasteiger partial charge in [0.2, 0.25) is 0 Å². The van der Waals surface area contributed by atoms with E-state index in [-0.39, 0.29) is 29.9 Å². The summed E-state index contributed by atoms with van der Waals surface area (Å²) in [5, 5.41) is 3.04. The highest BCUT2D eigenvalue weighted by Gasteiger charge is 2.35. The lowest BCUT2D eigenvalue weighted by molar-refractivity contribution is -0.157. The maximum Gasteiger partial charge on any atom is 0.252 e. The first kappa shape index (κ1) is 18.8. The number of carbonyl (C=O) groups excluding carboxylic acids is 2. The van der Waals surface area contributed by atoms with Crippen LogP contribution in [0.5, 0.6) is 0 Å². The molecule has 0 radical (unpaired) electrons. The van der Waals surface area contributed by atoms with Crippen LogP contribution in [0, 0.1) is 5.82 Å². The summed E-state index contributed by atoms with van der Waals surface area (Å²) >= 11 is 0. The first-order chi connectivity index (χ1) is 13.6. The molecular formula is C22H22FNO4. The van der Waals surface area contributed by atoms with Crippen molar-refractivity contribution in [3.63, 3.8) is 0 Å². The van der Waals surface area contributed by atoms with Gasteiger partial charge in [-0.15, -0.1) is 0 Å². The van der Waals surface area contributed by atoms with Crippen LogP contribution in [0.1, 0.15) is 45.5 Å². The Morgan fingerprint density at radius 2 is 1.57 bits per heavy atom. The van der Waals surface area contributed by atoms with Gasteiger partial charge in [-0.25, -0.2) is 4.39 Å². The first-order valence-electron chi connectivity index (χ1n) is 9.55. The van der Waals surface area contributed by atoms with E-state index in [0.29, 0.717) is 36.3 Å². The zero-order chi connectivity index (χ0) is 19.5. The summed E-state index contributed by atoms with van der Waals surface area (Å²) < 4.78 is 24.6. The van der Waals surface area contributed by atoms with Crippen molar-refractivity contribution in [2.75, 3.05) is 13.2 Å². The zero-order valence-corrected chi connectivity index (χ0v) is 15.4. The van der Waals surface area contributed by atoms with Gasteiger partial charge in [0, 0.05) is 17.2 Å². The topological polar surface area (TPSA) is 64.6 Å². The molecule has 5 nitrogen and oxygen atoms in total. The number of carbonyl (C=O) groups is 2. The minimum atomic E-state index is -0.410. The monoisotopic (exact) mass is 383 g/mol. The van der Waals surface area contributed by atoms with Gasteiger partial charge in [0.25, 0.3) is 5.91 Å². The predicted octanol–water partition coefficient (Wildman–Crippen LogP) is 3.12. The van der Waals surface area contributed by atoms with Gasteiger partial charge in [-0.3, -0.25) is 9.59 Å². The second-order valence-electron chi connectivity index (χ2n) is 7.18. The number of hydrogen-bond donors (Lipinski definition) is 1. The summed E-state index contributed by atoms with van der Waals surface area (Å²) in [6.45, 7) is 1.20. The van der Waals surface area contributed by atoms with Crippen molar-refractivity contribution in [1.29, 1.82) is 0 Å². The Kier molecular flexibility index (Phi) is 5.50. The van der Waals surface area contributed by atoms with Crippen LogP contribution in [0.3, 0.4) is 0 Å². The van der Waals surface area contributed by atoms with Crippen molar-refractivity contribution < 1.29 is 23.5 Å². The number of rotatable bonds is 4. The number of benzene rings is 2. The van der Waals surface area contributed by atoms with Gasteiger partial charge in [-0.05, 0) is 49.6 Å². The second kappa shape index (κ2) is 8.20. The quantitative estimate of drug-likeness (QED) is 0.824. The maximum atomic E-state index is 13.1. The number of hydrogen-bond acceptors (Lipinski definition) is 4. The van der Waals surface area contributed by atoms with E-state index in [2.05, 4.69) is 5.32 Å². The van der Waals surface area contributed by atoms with Crippen LogP contribution >= 0.6 is 0 Å². The summed E-state index contributed by atoms with van der Waals surface area (Å²) in [4.78, 5) is 25.7. The number of halogens is 1. The van der Waals surface area contributed by atoms with Crippen LogP contribution in [0.15, 0.2) is 48.5 Å². The molecule has 6 heteroatoms. The SMILES string of the molecule is O=C(NC1CCC2OCCOC2C1)c1ccccc1C(=O)c1ccc(F)cc1. The van der Waals surface area contributed by atoms with E-state index in [1.807, 2.05) is 0 Å². The fourth-order valence-electron chi connectivity index (χ4n) is 3.90. The van der Waals surface area contributed by atoms with Gasteiger partial charge < -0.3 is 14.8 Å².